The number of nitrogens with zero attached hydrogens (tertiary/aromatic N) is 2. The Bertz CT molecular complexity index is 692. The van der Waals surface area contributed by atoms with Gasteiger partial charge in [0.05, 0.1) is 18.5 Å². The van der Waals surface area contributed by atoms with Gasteiger partial charge in [0.15, 0.2) is 6.23 Å². The maximum atomic E-state index is 12.9. The van der Waals surface area contributed by atoms with Crippen molar-refractivity contribution < 1.29 is 23.7 Å². The van der Waals surface area contributed by atoms with E-state index in [0.717, 1.165) is 16.9 Å². The lowest BCUT2D eigenvalue weighted by atomic mass is 10.1. The molecule has 0 aromatic carbocycles. The summed E-state index contributed by atoms with van der Waals surface area (Å²) in [5.41, 5.74) is 4.14. The second kappa shape index (κ2) is 6.01. The molecule has 1 aromatic rings. The van der Waals surface area contributed by atoms with Gasteiger partial charge in [-0.1, -0.05) is 0 Å². The maximum Gasteiger partial charge on any atom is 0.351 e. The summed E-state index contributed by atoms with van der Waals surface area (Å²) < 4.78 is 31.0. The van der Waals surface area contributed by atoms with Gasteiger partial charge in [-0.05, 0) is 5.92 Å². The second-order valence-electron chi connectivity index (χ2n) is 4.21. The largest absolute Gasteiger partial charge is 0.394 e. The highest BCUT2D eigenvalue weighted by molar-refractivity contribution is 5.48. The van der Waals surface area contributed by atoms with Gasteiger partial charge in [0.2, 0.25) is 0 Å². The number of aliphatic hydroxyl groups is 2. The molecule has 0 amide bonds. The molecule has 0 bridgehead atoms. The molecular formula is C12H11F2N3O4. The van der Waals surface area contributed by atoms with E-state index in [1.807, 2.05) is 5.92 Å². The van der Waals surface area contributed by atoms with Crippen LogP contribution in [0.25, 0.3) is 0 Å². The molecule has 4 N–H and O–H groups in total. The Balaban J connectivity index is 2.53. The fourth-order valence-electron chi connectivity index (χ4n) is 1.96. The predicted molar refractivity (Wildman–Crippen MR) is 67.1 cm³/mol. The number of aromatic nitrogens is 2. The molecule has 0 spiro atoms. The number of ether oxygens (including phenoxy) is 1. The minimum absolute atomic E-state index is 0.0777. The van der Waals surface area contributed by atoms with E-state index in [1.165, 1.54) is 0 Å². The van der Waals surface area contributed by atoms with Gasteiger partial charge in [-0.2, -0.15) is 4.98 Å². The minimum atomic E-state index is -1.43. The normalized spacial score (nSPS) is 26.7. The summed E-state index contributed by atoms with van der Waals surface area (Å²) in [5, 5.41) is 18.8. The Labute approximate surface area is 117 Å². The highest BCUT2D eigenvalue weighted by Gasteiger charge is 2.40. The number of nitrogen functional groups attached to an aromatic ring is 1. The van der Waals surface area contributed by atoms with Crippen LogP contribution in [0.4, 0.5) is 14.6 Å². The number of rotatable bonds is 2. The first-order valence-corrected chi connectivity index (χ1v) is 5.78. The lowest BCUT2D eigenvalue weighted by Gasteiger charge is -2.15. The van der Waals surface area contributed by atoms with Crippen molar-refractivity contribution in [2.45, 2.75) is 18.4 Å². The molecule has 3 atom stereocenters. The van der Waals surface area contributed by atoms with Crippen molar-refractivity contribution >= 4 is 5.82 Å². The first kappa shape index (κ1) is 15.1. The lowest BCUT2D eigenvalue weighted by molar-refractivity contribution is -0.0447. The van der Waals surface area contributed by atoms with E-state index in [9.17, 15) is 18.7 Å². The van der Waals surface area contributed by atoms with Crippen LogP contribution in [0, 0.1) is 12.1 Å². The van der Waals surface area contributed by atoms with Crippen LogP contribution in [0.1, 0.15) is 11.8 Å². The Morgan fingerprint density at radius 1 is 1.62 bits per heavy atom. The topological polar surface area (TPSA) is 111 Å². The number of hydrogen-bond donors (Lipinski definition) is 3. The summed E-state index contributed by atoms with van der Waals surface area (Å²) >= 11 is 0. The monoisotopic (exact) mass is 299 g/mol. The maximum absolute atomic E-state index is 12.9. The molecule has 1 aliphatic heterocycles. The first-order chi connectivity index (χ1) is 10.0. The van der Waals surface area contributed by atoms with Crippen LogP contribution in [-0.2, 0) is 4.74 Å². The third-order valence-electron chi connectivity index (χ3n) is 3.00. The molecule has 3 unspecified atom stereocenters. The smallest absolute Gasteiger partial charge is 0.351 e. The van der Waals surface area contributed by atoms with Crippen LogP contribution >= 0.6 is 0 Å². The Morgan fingerprint density at radius 3 is 2.90 bits per heavy atom. The Kier molecular flexibility index (Phi) is 4.32. The highest BCUT2D eigenvalue weighted by Crippen LogP contribution is 2.33. The number of hydrogen-bond acceptors (Lipinski definition) is 6. The fraction of sp³-hybridized carbons (Fsp3) is 0.333. The van der Waals surface area contributed by atoms with Gasteiger partial charge in [0.1, 0.15) is 24.2 Å². The van der Waals surface area contributed by atoms with Gasteiger partial charge in [-0.3, -0.25) is 4.57 Å². The molecule has 1 fully saturated rings. The van der Waals surface area contributed by atoms with E-state index in [4.69, 9.17) is 15.6 Å². The van der Waals surface area contributed by atoms with Crippen molar-refractivity contribution in [3.05, 3.63) is 34.1 Å². The highest BCUT2D eigenvalue weighted by atomic mass is 19.1. The van der Waals surface area contributed by atoms with E-state index in [1.54, 1.807) is 0 Å². The molecule has 0 radical (unpaired) electrons. The predicted octanol–water partition coefficient (Wildman–Crippen LogP) is -0.792. The lowest BCUT2D eigenvalue weighted by Crippen LogP contribution is -2.29. The van der Waals surface area contributed by atoms with Gasteiger partial charge in [-0.25, -0.2) is 9.18 Å². The molecule has 1 aliphatic rings. The van der Waals surface area contributed by atoms with Crippen molar-refractivity contribution in [3.63, 3.8) is 0 Å². The van der Waals surface area contributed by atoms with Gasteiger partial charge < -0.3 is 20.7 Å². The molecule has 2 heterocycles. The minimum Gasteiger partial charge on any atom is -0.394 e. The van der Waals surface area contributed by atoms with Crippen molar-refractivity contribution in [2.75, 3.05) is 12.3 Å². The number of nitrogens with two attached hydrogens (primary N) is 1. The summed E-state index contributed by atoms with van der Waals surface area (Å²) in [7, 11) is 0. The molecule has 1 saturated heterocycles. The zero-order valence-electron chi connectivity index (χ0n) is 10.5. The number of halogens is 2. The number of aliphatic hydroxyl groups excluding tert-OH is 2. The average Bonchev–Trinajstić information content (AvgIpc) is 2.78. The third-order valence-corrected chi connectivity index (χ3v) is 3.00. The van der Waals surface area contributed by atoms with Gasteiger partial charge in [-0.15, -0.1) is 4.39 Å². The summed E-state index contributed by atoms with van der Waals surface area (Å²) in [4.78, 5) is 15.2. The summed E-state index contributed by atoms with van der Waals surface area (Å²) in [6.07, 6.45) is -1.63. The quantitative estimate of drug-likeness (QED) is 0.617. The molecule has 2 rings (SSSR count). The SMILES string of the molecule is Nc1nc(=O)n(C2OC(CO)C(O)C2=CF)cc1C#CF. The Morgan fingerprint density at radius 2 is 2.33 bits per heavy atom. The standard InChI is InChI=1S/C12H11F2N3O4/c13-2-1-6-4-17(12(20)16-10(6)15)11-7(3-14)9(19)8(5-18)21-11/h3-4,8-9,11,18-19H,5H2,(H2,15,16,20). The van der Waals surface area contributed by atoms with Crippen LogP contribution in [0.2, 0.25) is 0 Å². The van der Waals surface area contributed by atoms with Crippen LogP contribution < -0.4 is 11.4 Å². The van der Waals surface area contributed by atoms with Crippen molar-refractivity contribution in [1.82, 2.24) is 9.55 Å². The van der Waals surface area contributed by atoms with E-state index in [2.05, 4.69) is 4.98 Å². The molecule has 0 saturated carbocycles. The summed E-state index contributed by atoms with van der Waals surface area (Å²) in [6, 6.07) is 0. The van der Waals surface area contributed by atoms with E-state index in [-0.39, 0.29) is 23.3 Å². The van der Waals surface area contributed by atoms with Crippen molar-refractivity contribution in [3.8, 4) is 12.1 Å². The van der Waals surface area contributed by atoms with Crippen molar-refractivity contribution in [2.24, 2.45) is 0 Å². The molecule has 9 heteroatoms. The zero-order chi connectivity index (χ0) is 15.6. The van der Waals surface area contributed by atoms with Crippen LogP contribution in [0.5, 0.6) is 0 Å². The van der Waals surface area contributed by atoms with Gasteiger partial charge in [0.25, 0.3) is 0 Å². The Hall–Kier alpha value is -2.28. The molecular weight excluding hydrogens is 288 g/mol. The first-order valence-electron chi connectivity index (χ1n) is 5.78. The van der Waals surface area contributed by atoms with Gasteiger partial charge >= 0.3 is 5.69 Å². The second-order valence-corrected chi connectivity index (χ2v) is 4.21. The molecule has 112 valence electrons. The third kappa shape index (κ3) is 2.64. The van der Waals surface area contributed by atoms with Crippen LogP contribution in [0.15, 0.2) is 22.9 Å². The molecule has 1 aromatic heterocycles. The molecule has 7 nitrogen and oxygen atoms in total. The van der Waals surface area contributed by atoms with E-state index < -0.39 is 30.7 Å². The fourth-order valence-corrected chi connectivity index (χ4v) is 1.96. The van der Waals surface area contributed by atoms with Crippen LogP contribution in [-0.4, -0.2) is 38.6 Å². The summed E-state index contributed by atoms with van der Waals surface area (Å²) in [6.45, 7) is -0.580. The molecule has 0 aliphatic carbocycles. The zero-order valence-corrected chi connectivity index (χ0v) is 10.5. The van der Waals surface area contributed by atoms with E-state index >= 15 is 0 Å². The summed E-state index contributed by atoms with van der Waals surface area (Å²) in [5.74, 6) is 1.70. The van der Waals surface area contributed by atoms with Crippen LogP contribution in [0.3, 0.4) is 0 Å². The van der Waals surface area contributed by atoms with Gasteiger partial charge in [0, 0.05) is 11.8 Å². The average molecular weight is 299 g/mol. The van der Waals surface area contributed by atoms with Crippen molar-refractivity contribution in [1.29, 1.82) is 0 Å². The van der Waals surface area contributed by atoms with E-state index in [0.29, 0.717) is 0 Å². The molecule has 21 heavy (non-hydrogen) atoms. The number of anilines is 1.